The Kier molecular flexibility index (Phi) is 11.4. The fourth-order valence-corrected chi connectivity index (χ4v) is 7.84. The van der Waals surface area contributed by atoms with Crippen molar-refractivity contribution < 1.29 is 53.4 Å². The van der Waals surface area contributed by atoms with Gasteiger partial charge in [0.15, 0.2) is 12.4 Å². The first kappa shape index (κ1) is 34.9. The summed E-state index contributed by atoms with van der Waals surface area (Å²) in [7, 11) is -2.02. The van der Waals surface area contributed by atoms with Crippen molar-refractivity contribution in [1.82, 2.24) is 4.90 Å². The summed E-state index contributed by atoms with van der Waals surface area (Å²) in [6.07, 6.45) is -10.3. The molecule has 9 atom stereocenters. The van der Waals surface area contributed by atoms with Gasteiger partial charge in [-0.25, -0.2) is 0 Å². The van der Waals surface area contributed by atoms with Crippen molar-refractivity contribution in [1.29, 1.82) is 0 Å². The third-order valence-corrected chi connectivity index (χ3v) is 10.9. The summed E-state index contributed by atoms with van der Waals surface area (Å²) in [5, 5.41) is 51.9. The highest BCUT2D eigenvalue weighted by molar-refractivity contribution is 6.72. The van der Waals surface area contributed by atoms with Crippen LogP contribution in [0.1, 0.15) is 30.6 Å². The first-order valence-corrected chi connectivity index (χ1v) is 17.9. The Bertz CT molecular complexity index is 1320. The molecule has 0 saturated carbocycles. The number of nitrogens with zero attached hydrogens (tertiary/aromatic N) is 1. The second kappa shape index (κ2) is 14.6. The fourth-order valence-electron chi connectivity index (χ4n) is 6.03. The summed E-state index contributed by atoms with van der Waals surface area (Å²) in [6.45, 7) is 5.08. The number of anilines is 1. The first-order valence-electron chi connectivity index (χ1n) is 14.9. The predicted molar refractivity (Wildman–Crippen MR) is 163 cm³/mol. The standard InChI is InChI=1S/C31H43FN2O10Si/c1-17-27(42-2)20-14-19(33-30(40)29-25(38)24(37)26(39)31(41)44-29)10-11-21(20)43-28(17)22(45(3,4)32)15-23(36)34(12-13-35)16-18-8-6-5-7-9-18/h5-11,14,17,22,24-29,31,35,37-39,41H,12-13,15-16H2,1-4H3,(H,33,40)/t17-,22?,24-,25-,26+,27-,28-,29-,31+/m0/s1. The average Bonchev–Trinajstić information content (AvgIpc) is 3.00. The van der Waals surface area contributed by atoms with E-state index < -0.39 is 68.7 Å². The van der Waals surface area contributed by atoms with Gasteiger partial charge in [-0.15, -0.1) is 0 Å². The fraction of sp³-hybridized carbons (Fsp3) is 0.548. The molecule has 1 unspecified atom stereocenters. The summed E-state index contributed by atoms with van der Waals surface area (Å²) in [5.74, 6) is -1.18. The Balaban J connectivity index is 1.54. The number of nitrogens with one attached hydrogen (secondary N) is 1. The van der Waals surface area contributed by atoms with E-state index >= 15 is 4.11 Å². The summed E-state index contributed by atoms with van der Waals surface area (Å²) in [4.78, 5) is 28.0. The van der Waals surface area contributed by atoms with Crippen LogP contribution in [0.3, 0.4) is 0 Å². The highest BCUT2D eigenvalue weighted by Crippen LogP contribution is 2.48. The highest BCUT2D eigenvalue weighted by Gasteiger charge is 2.49. The summed E-state index contributed by atoms with van der Waals surface area (Å²) >= 11 is 0. The molecule has 1 fully saturated rings. The molecular weight excluding hydrogens is 607 g/mol. The van der Waals surface area contributed by atoms with Gasteiger partial charge in [0.1, 0.15) is 30.2 Å². The zero-order valence-electron chi connectivity index (χ0n) is 25.7. The van der Waals surface area contributed by atoms with Crippen molar-refractivity contribution in [3.05, 3.63) is 59.7 Å². The summed E-state index contributed by atoms with van der Waals surface area (Å²) in [6, 6.07) is 14.1. The number of carbonyl (C=O) groups is 2. The molecule has 1 saturated heterocycles. The Labute approximate surface area is 262 Å². The monoisotopic (exact) mass is 650 g/mol. The molecule has 14 heteroatoms. The number of aliphatic hydroxyl groups excluding tert-OH is 5. The molecule has 45 heavy (non-hydrogen) atoms. The number of ether oxygens (including phenoxy) is 3. The normalized spacial score (nSPS) is 28.8. The number of fused-ring (bicyclic) bond motifs is 1. The molecule has 0 aliphatic carbocycles. The lowest BCUT2D eigenvalue weighted by Crippen LogP contribution is -2.60. The van der Waals surface area contributed by atoms with Gasteiger partial charge in [0, 0.05) is 49.3 Å². The Hall–Kier alpha value is -2.95. The van der Waals surface area contributed by atoms with E-state index in [2.05, 4.69) is 5.32 Å². The van der Waals surface area contributed by atoms with Crippen molar-refractivity contribution in [2.45, 2.75) is 81.4 Å². The Morgan fingerprint density at radius 1 is 1.07 bits per heavy atom. The van der Waals surface area contributed by atoms with E-state index in [4.69, 9.17) is 14.2 Å². The van der Waals surface area contributed by atoms with Crippen LogP contribution in [0.15, 0.2) is 48.5 Å². The Morgan fingerprint density at radius 2 is 1.76 bits per heavy atom. The van der Waals surface area contributed by atoms with E-state index in [-0.39, 0.29) is 37.7 Å². The molecule has 2 heterocycles. The van der Waals surface area contributed by atoms with E-state index in [1.165, 1.54) is 18.1 Å². The quantitative estimate of drug-likeness (QED) is 0.154. The van der Waals surface area contributed by atoms with E-state index in [1.807, 2.05) is 37.3 Å². The van der Waals surface area contributed by atoms with Crippen molar-refractivity contribution in [3.8, 4) is 5.75 Å². The molecule has 12 nitrogen and oxygen atoms in total. The molecule has 0 spiro atoms. The van der Waals surface area contributed by atoms with Gasteiger partial charge in [0.25, 0.3) is 5.91 Å². The van der Waals surface area contributed by atoms with Crippen LogP contribution in [0.2, 0.25) is 18.6 Å². The van der Waals surface area contributed by atoms with Crippen LogP contribution in [-0.2, 0) is 25.6 Å². The number of rotatable bonds is 11. The molecule has 2 aromatic rings. The molecule has 0 radical (unpaired) electrons. The molecule has 2 aliphatic heterocycles. The van der Waals surface area contributed by atoms with Gasteiger partial charge in [-0.05, 0) is 36.9 Å². The molecule has 0 bridgehead atoms. The second-order valence-corrected chi connectivity index (χ2v) is 16.0. The molecule has 6 N–H and O–H groups in total. The SMILES string of the molecule is CO[C@@H]1c2cc(NC(=O)[C@H]3O[C@@H](O)[C@H](O)[C@@H](O)[C@@H]3O)ccc2O[C@H](C(CC(=O)N(CCO)Cc2ccccc2)[Si](C)(C)F)[C@H]1C. The van der Waals surface area contributed by atoms with Crippen LogP contribution in [0, 0.1) is 5.92 Å². The summed E-state index contributed by atoms with van der Waals surface area (Å²) in [5.41, 5.74) is 0.975. The zero-order chi connectivity index (χ0) is 33.1. The minimum Gasteiger partial charge on any atom is -0.490 e. The second-order valence-electron chi connectivity index (χ2n) is 12.2. The number of aliphatic hydroxyl groups is 5. The third-order valence-electron chi connectivity index (χ3n) is 8.55. The van der Waals surface area contributed by atoms with E-state index in [0.29, 0.717) is 11.3 Å². The molecule has 0 aromatic heterocycles. The first-order chi connectivity index (χ1) is 21.3. The largest absolute Gasteiger partial charge is 0.490 e. The highest BCUT2D eigenvalue weighted by atomic mass is 28.4. The van der Waals surface area contributed by atoms with Gasteiger partial charge in [0.05, 0.1) is 12.7 Å². The third kappa shape index (κ3) is 7.89. The maximum absolute atomic E-state index is 16.0. The van der Waals surface area contributed by atoms with Crippen molar-refractivity contribution in [2.75, 3.05) is 25.6 Å². The summed E-state index contributed by atoms with van der Waals surface area (Å²) < 4.78 is 33.3. The Morgan fingerprint density at radius 3 is 2.38 bits per heavy atom. The average molecular weight is 651 g/mol. The molecular formula is C31H43FN2O10Si. The van der Waals surface area contributed by atoms with Gasteiger partial charge in [0.2, 0.25) is 14.3 Å². The van der Waals surface area contributed by atoms with Crippen LogP contribution in [0.25, 0.3) is 0 Å². The van der Waals surface area contributed by atoms with Crippen molar-refractivity contribution in [3.63, 3.8) is 0 Å². The number of methoxy groups -OCH3 is 1. The predicted octanol–water partition coefficient (Wildman–Crippen LogP) is 1.47. The number of amides is 2. The van der Waals surface area contributed by atoms with Crippen molar-refractivity contribution >= 4 is 25.9 Å². The van der Waals surface area contributed by atoms with E-state index in [1.54, 1.807) is 25.2 Å². The number of halogens is 1. The van der Waals surface area contributed by atoms with Gasteiger partial charge in [-0.1, -0.05) is 37.3 Å². The number of hydrogen-bond donors (Lipinski definition) is 6. The van der Waals surface area contributed by atoms with E-state index in [9.17, 15) is 35.1 Å². The van der Waals surface area contributed by atoms with Crippen LogP contribution in [0.4, 0.5) is 9.80 Å². The smallest absolute Gasteiger partial charge is 0.256 e. The number of carbonyl (C=O) groups excluding carboxylic acids is 2. The van der Waals surface area contributed by atoms with Gasteiger partial charge in [-0.2, -0.15) is 0 Å². The number of hydrogen-bond acceptors (Lipinski definition) is 10. The topological polar surface area (TPSA) is 178 Å². The molecule has 2 amide bonds. The molecule has 2 aromatic carbocycles. The molecule has 4 rings (SSSR count). The lowest BCUT2D eigenvalue weighted by molar-refractivity contribution is -0.274. The molecule has 248 valence electrons. The van der Waals surface area contributed by atoms with E-state index in [0.717, 1.165) is 5.56 Å². The number of benzene rings is 2. The molecule has 2 aliphatic rings. The van der Waals surface area contributed by atoms with Crippen molar-refractivity contribution in [2.24, 2.45) is 5.92 Å². The van der Waals surface area contributed by atoms with Gasteiger partial charge in [-0.3, -0.25) is 9.59 Å². The maximum atomic E-state index is 16.0. The minimum atomic E-state index is -3.52. The van der Waals surface area contributed by atoms with Crippen LogP contribution < -0.4 is 10.1 Å². The van der Waals surface area contributed by atoms with Crippen LogP contribution in [-0.4, -0.2) is 108 Å². The van der Waals surface area contributed by atoms with Crippen LogP contribution in [0.5, 0.6) is 5.75 Å². The zero-order valence-corrected chi connectivity index (χ0v) is 26.7. The lowest BCUT2D eigenvalue weighted by atomic mass is 9.86. The maximum Gasteiger partial charge on any atom is 0.256 e. The lowest BCUT2D eigenvalue weighted by Gasteiger charge is -2.43. The van der Waals surface area contributed by atoms with Crippen LogP contribution >= 0.6 is 0 Å². The van der Waals surface area contributed by atoms with Gasteiger partial charge >= 0.3 is 0 Å². The van der Waals surface area contributed by atoms with Gasteiger partial charge < -0.3 is 54.1 Å². The minimum absolute atomic E-state index is 0.106.